The fraction of sp³-hybridized carbons (Fsp3) is 0. The number of allylic oxidation sites excluding steroid dienone is 1. The SMILES string of the molecule is C1=CSC(=C2SC=CS2)S1.N#CC(C#N)=C1c2cc(C(=O)O)cc([N+](=O)[O-])c2-c2c1cc(C(=O)O)cc2[N+](=O)[O-].O.O. The molecule has 14 nitrogen and oxygen atoms in total. The highest BCUT2D eigenvalue weighted by molar-refractivity contribution is 8.33. The van der Waals surface area contributed by atoms with Crippen molar-refractivity contribution in [1.82, 2.24) is 0 Å². The normalized spacial score (nSPS) is 13.3. The van der Waals surface area contributed by atoms with Crippen molar-refractivity contribution in [3.63, 3.8) is 0 Å². The Morgan fingerprint density at radius 2 is 1.02 bits per heavy atom. The lowest BCUT2D eigenvalue weighted by Gasteiger charge is -2.05. The molecular weight excluding hydrogens is 633 g/mol. The van der Waals surface area contributed by atoms with Crippen molar-refractivity contribution in [2.45, 2.75) is 0 Å². The van der Waals surface area contributed by atoms with Crippen LogP contribution in [0.25, 0.3) is 16.7 Å². The van der Waals surface area contributed by atoms with Crippen LogP contribution in [-0.4, -0.2) is 43.0 Å². The molecule has 0 atom stereocenters. The van der Waals surface area contributed by atoms with E-state index in [1.807, 2.05) is 47.0 Å². The Balaban J connectivity index is 0.000000431. The van der Waals surface area contributed by atoms with Gasteiger partial charge in [0.1, 0.15) is 17.7 Å². The van der Waals surface area contributed by atoms with Gasteiger partial charge in [-0.3, -0.25) is 20.2 Å². The van der Waals surface area contributed by atoms with Gasteiger partial charge in [0, 0.05) is 28.8 Å². The summed E-state index contributed by atoms with van der Waals surface area (Å²) in [5.41, 5.74) is -4.93. The molecule has 2 aromatic rings. The molecule has 0 radical (unpaired) electrons. The van der Waals surface area contributed by atoms with Gasteiger partial charge in [-0.05, 0) is 33.8 Å². The molecule has 2 aliphatic heterocycles. The first-order valence-electron chi connectivity index (χ1n) is 10.5. The molecule has 0 aromatic heterocycles. The fourth-order valence-corrected chi connectivity index (χ4v) is 7.90. The Morgan fingerprint density at radius 3 is 1.29 bits per heavy atom. The van der Waals surface area contributed by atoms with E-state index in [-0.39, 0.29) is 38.8 Å². The van der Waals surface area contributed by atoms with Crippen molar-refractivity contribution in [2.75, 3.05) is 0 Å². The lowest BCUT2D eigenvalue weighted by Crippen LogP contribution is -2.02. The molecule has 1 aliphatic carbocycles. The van der Waals surface area contributed by atoms with Crippen molar-refractivity contribution in [1.29, 1.82) is 10.5 Å². The Hall–Kier alpha value is -4.56. The molecule has 2 heterocycles. The minimum Gasteiger partial charge on any atom is -0.478 e. The van der Waals surface area contributed by atoms with E-state index in [0.29, 0.717) is 12.1 Å². The third-order valence-electron chi connectivity index (χ3n) is 5.36. The van der Waals surface area contributed by atoms with Crippen molar-refractivity contribution in [2.24, 2.45) is 0 Å². The lowest BCUT2D eigenvalue weighted by molar-refractivity contribution is -0.386. The van der Waals surface area contributed by atoms with Gasteiger partial charge in [0.25, 0.3) is 11.4 Å². The number of carbonyl (C=O) groups is 2. The summed E-state index contributed by atoms with van der Waals surface area (Å²) in [4.78, 5) is 44.2. The van der Waals surface area contributed by atoms with Gasteiger partial charge >= 0.3 is 11.9 Å². The van der Waals surface area contributed by atoms with Crippen LogP contribution >= 0.6 is 47.0 Å². The second-order valence-corrected chi connectivity index (χ2v) is 11.7. The summed E-state index contributed by atoms with van der Waals surface area (Å²) in [6, 6.07) is 6.39. The molecule has 0 amide bonds. The standard InChI is InChI=1S/C18H6N4O8.C6H4S4.2H2O/c19-5-9(6-20)14-10-1-7(17(23)24)3-12(21(27)28)15(10)16-11(14)2-8(18(25)26)4-13(16)22(29)30;1-2-8-5(7-1)6-9-3-4-10-6;;/h1-4H,(H,23,24)(H,25,26);1-4H;2*1H2. The monoisotopic (exact) mass is 646 g/mol. The van der Waals surface area contributed by atoms with Crippen LogP contribution in [-0.2, 0) is 0 Å². The number of fused-ring (bicyclic) bond motifs is 3. The number of nitriles is 2. The van der Waals surface area contributed by atoms with Crippen molar-refractivity contribution >= 4 is 75.9 Å². The van der Waals surface area contributed by atoms with Crippen LogP contribution in [0.1, 0.15) is 31.8 Å². The maximum atomic E-state index is 11.6. The van der Waals surface area contributed by atoms with Crippen LogP contribution in [0.5, 0.6) is 0 Å². The molecule has 6 N–H and O–H groups in total. The predicted molar refractivity (Wildman–Crippen MR) is 159 cm³/mol. The molecule has 0 saturated carbocycles. The second-order valence-electron chi connectivity index (χ2n) is 7.52. The zero-order valence-electron chi connectivity index (χ0n) is 20.4. The maximum absolute atomic E-state index is 11.6. The van der Waals surface area contributed by atoms with Crippen molar-refractivity contribution in [3.05, 3.63) is 102 Å². The van der Waals surface area contributed by atoms with Crippen LogP contribution in [0.3, 0.4) is 0 Å². The highest BCUT2D eigenvalue weighted by atomic mass is 32.2. The van der Waals surface area contributed by atoms with Crippen molar-refractivity contribution in [3.8, 4) is 23.3 Å². The van der Waals surface area contributed by atoms with E-state index in [1.54, 1.807) is 12.1 Å². The Bertz CT molecular complexity index is 1610. The summed E-state index contributed by atoms with van der Waals surface area (Å²) in [6.45, 7) is 0. The molecule has 42 heavy (non-hydrogen) atoms. The van der Waals surface area contributed by atoms with E-state index < -0.39 is 49.9 Å². The van der Waals surface area contributed by atoms with E-state index in [0.717, 1.165) is 12.1 Å². The van der Waals surface area contributed by atoms with Crippen LogP contribution in [0.4, 0.5) is 11.4 Å². The first-order chi connectivity index (χ1) is 19.1. The zero-order chi connectivity index (χ0) is 29.1. The van der Waals surface area contributed by atoms with Gasteiger partial charge < -0.3 is 21.2 Å². The summed E-state index contributed by atoms with van der Waals surface area (Å²) in [5.74, 6) is -3.10. The highest BCUT2D eigenvalue weighted by Gasteiger charge is 2.40. The largest absolute Gasteiger partial charge is 0.478 e. The number of hydrogen-bond donors (Lipinski definition) is 2. The summed E-state index contributed by atoms with van der Waals surface area (Å²) in [6.07, 6.45) is 0. The number of nitrogens with zero attached hydrogens (tertiary/aromatic N) is 4. The van der Waals surface area contributed by atoms with Crippen LogP contribution < -0.4 is 0 Å². The van der Waals surface area contributed by atoms with Gasteiger partial charge in [0.2, 0.25) is 0 Å². The van der Waals surface area contributed by atoms with Gasteiger partial charge in [-0.2, -0.15) is 10.5 Å². The average Bonchev–Trinajstić information content (AvgIpc) is 3.69. The molecule has 0 saturated heterocycles. The zero-order valence-corrected chi connectivity index (χ0v) is 23.7. The molecule has 2 aromatic carbocycles. The van der Waals surface area contributed by atoms with Crippen LogP contribution in [0, 0.1) is 42.9 Å². The van der Waals surface area contributed by atoms with Crippen molar-refractivity contribution < 1.29 is 40.6 Å². The van der Waals surface area contributed by atoms with E-state index >= 15 is 0 Å². The third-order valence-corrected chi connectivity index (χ3v) is 10.1. The van der Waals surface area contributed by atoms with E-state index in [4.69, 9.17) is 0 Å². The molecule has 214 valence electrons. The van der Waals surface area contributed by atoms with E-state index in [9.17, 15) is 50.6 Å². The summed E-state index contributed by atoms with van der Waals surface area (Å²) in [5, 5.41) is 69.0. The van der Waals surface area contributed by atoms with Gasteiger partial charge in [-0.1, -0.05) is 47.0 Å². The van der Waals surface area contributed by atoms with E-state index in [1.165, 1.54) is 8.47 Å². The van der Waals surface area contributed by atoms with Crippen LogP contribution in [0.2, 0.25) is 0 Å². The molecule has 5 rings (SSSR count). The van der Waals surface area contributed by atoms with Crippen LogP contribution in [0.15, 0.2) is 59.9 Å². The lowest BCUT2D eigenvalue weighted by atomic mass is 9.96. The highest BCUT2D eigenvalue weighted by Crippen LogP contribution is 2.54. The molecule has 18 heteroatoms. The number of nitro groups is 2. The number of rotatable bonds is 4. The summed E-state index contributed by atoms with van der Waals surface area (Å²) < 4.78 is 2.86. The molecular formula is C24H14N4O10S4. The van der Waals surface area contributed by atoms with E-state index in [2.05, 4.69) is 21.6 Å². The molecule has 0 unspecified atom stereocenters. The number of aromatic carboxylic acids is 2. The molecule has 3 aliphatic rings. The number of carboxylic acids is 2. The number of benzene rings is 2. The Morgan fingerprint density at radius 1 is 0.690 bits per heavy atom. The minimum atomic E-state index is -1.55. The number of thioether (sulfide) groups is 4. The molecule has 0 bridgehead atoms. The molecule has 0 fully saturated rings. The predicted octanol–water partition coefficient (Wildman–Crippen LogP) is 5.09. The van der Waals surface area contributed by atoms with Gasteiger partial charge in [-0.15, -0.1) is 0 Å². The van der Waals surface area contributed by atoms with Gasteiger partial charge in [0.05, 0.1) is 40.6 Å². The quantitative estimate of drug-likeness (QED) is 0.212. The Kier molecular flexibility index (Phi) is 11.1. The maximum Gasteiger partial charge on any atom is 0.335 e. The first kappa shape index (κ1) is 33.6. The Labute approximate surface area is 252 Å². The second kappa shape index (κ2) is 13.9. The number of nitro benzene ring substituents is 2. The number of carboxylic acid groups (broad SMARTS) is 2. The van der Waals surface area contributed by atoms with Gasteiger partial charge in [0.15, 0.2) is 0 Å². The number of hydrogen-bond acceptors (Lipinski definition) is 12. The third kappa shape index (κ3) is 6.34. The smallest absolute Gasteiger partial charge is 0.335 e. The minimum absolute atomic E-state index is 0. The topological polar surface area (TPSA) is 271 Å². The summed E-state index contributed by atoms with van der Waals surface area (Å²) in [7, 11) is 0. The molecule has 0 spiro atoms. The summed E-state index contributed by atoms with van der Waals surface area (Å²) >= 11 is 7.28. The first-order valence-corrected chi connectivity index (χ1v) is 14.0. The van der Waals surface area contributed by atoms with Gasteiger partial charge in [-0.25, -0.2) is 9.59 Å². The fourth-order valence-electron chi connectivity index (χ4n) is 3.87. The average molecular weight is 647 g/mol.